The summed E-state index contributed by atoms with van der Waals surface area (Å²) in [5, 5.41) is 0. The van der Waals surface area contributed by atoms with Crippen LogP contribution in [0.3, 0.4) is 0 Å². The number of halogens is 1. The van der Waals surface area contributed by atoms with Crippen molar-refractivity contribution in [1.29, 1.82) is 0 Å². The van der Waals surface area contributed by atoms with Crippen LogP contribution in [0.25, 0.3) is 0 Å². The van der Waals surface area contributed by atoms with Crippen molar-refractivity contribution in [3.63, 3.8) is 0 Å². The fourth-order valence-electron chi connectivity index (χ4n) is 2.33. The van der Waals surface area contributed by atoms with Crippen molar-refractivity contribution >= 4 is 11.6 Å². The average molecular weight is 225 g/mol. The second-order valence-corrected chi connectivity index (χ2v) is 4.66. The predicted molar refractivity (Wildman–Crippen MR) is 63.4 cm³/mol. The first-order chi connectivity index (χ1) is 7.26. The molecule has 1 nitrogen and oxygen atoms in total. The van der Waals surface area contributed by atoms with Gasteiger partial charge in [0.25, 0.3) is 0 Å². The number of rotatable bonds is 3. The Morgan fingerprint density at radius 1 is 1.40 bits per heavy atom. The fourth-order valence-corrected chi connectivity index (χ4v) is 2.46. The molecule has 0 saturated heterocycles. The zero-order valence-electron chi connectivity index (χ0n) is 9.13. The van der Waals surface area contributed by atoms with Crippen LogP contribution in [0.5, 0.6) is 0 Å². The van der Waals surface area contributed by atoms with Crippen LogP contribution in [0.2, 0.25) is 0 Å². The number of alkyl halides is 1. The molecule has 2 heteroatoms. The molecule has 1 unspecified atom stereocenters. The molecule has 0 spiro atoms. The Balaban J connectivity index is 2.27. The van der Waals surface area contributed by atoms with Gasteiger partial charge in [-0.25, -0.2) is 0 Å². The number of ether oxygens (including phenoxy) is 1. The summed E-state index contributed by atoms with van der Waals surface area (Å²) in [6, 6.07) is 8.58. The smallest absolute Gasteiger partial charge is 0.0906 e. The molecule has 1 aliphatic rings. The van der Waals surface area contributed by atoms with E-state index < -0.39 is 0 Å². The van der Waals surface area contributed by atoms with Crippen LogP contribution in [0, 0.1) is 0 Å². The van der Waals surface area contributed by atoms with Gasteiger partial charge in [0.2, 0.25) is 0 Å². The van der Waals surface area contributed by atoms with Crippen LogP contribution in [-0.4, -0.2) is 12.5 Å². The molecule has 1 aliphatic heterocycles. The highest BCUT2D eigenvalue weighted by molar-refractivity contribution is 6.17. The van der Waals surface area contributed by atoms with Crippen LogP contribution in [0.1, 0.15) is 30.9 Å². The van der Waals surface area contributed by atoms with Gasteiger partial charge in [-0.2, -0.15) is 0 Å². The molecule has 2 rings (SSSR count). The van der Waals surface area contributed by atoms with Crippen molar-refractivity contribution < 1.29 is 4.74 Å². The highest BCUT2D eigenvalue weighted by Gasteiger charge is 2.31. The molecule has 1 heterocycles. The normalized spacial score (nSPS) is 24.9. The van der Waals surface area contributed by atoms with Crippen molar-refractivity contribution in [3.8, 4) is 0 Å². The van der Waals surface area contributed by atoms with Crippen molar-refractivity contribution in [3.05, 3.63) is 35.4 Å². The molecule has 1 aromatic rings. The zero-order chi connectivity index (χ0) is 10.7. The Labute approximate surface area is 96.4 Å². The maximum atomic E-state index is 5.94. The lowest BCUT2D eigenvalue weighted by Crippen LogP contribution is -2.32. The molecule has 1 aromatic carbocycles. The molecule has 0 bridgehead atoms. The molecule has 82 valence electrons. The third kappa shape index (κ3) is 2.19. The average Bonchev–Trinajstić information content (AvgIpc) is 2.27. The Hall–Kier alpha value is -0.530. The summed E-state index contributed by atoms with van der Waals surface area (Å²) in [5.74, 6) is 0.709. The van der Waals surface area contributed by atoms with Crippen LogP contribution in [0.4, 0.5) is 0 Å². The molecule has 0 N–H and O–H groups in total. The molecule has 0 amide bonds. The monoisotopic (exact) mass is 224 g/mol. The van der Waals surface area contributed by atoms with Crippen LogP contribution < -0.4 is 0 Å². The first-order valence-electron chi connectivity index (χ1n) is 5.54. The Morgan fingerprint density at radius 3 is 3.00 bits per heavy atom. The van der Waals surface area contributed by atoms with Gasteiger partial charge in [-0.3, -0.25) is 0 Å². The SMILES string of the molecule is CC1(CCCCl)OCCc2ccccc21. The van der Waals surface area contributed by atoms with Gasteiger partial charge >= 0.3 is 0 Å². The third-order valence-corrected chi connectivity index (χ3v) is 3.43. The predicted octanol–water partition coefficient (Wildman–Crippen LogP) is 3.49. The third-order valence-electron chi connectivity index (χ3n) is 3.17. The van der Waals surface area contributed by atoms with E-state index in [9.17, 15) is 0 Å². The van der Waals surface area contributed by atoms with Gasteiger partial charge in [0.1, 0.15) is 0 Å². The summed E-state index contributed by atoms with van der Waals surface area (Å²) in [6.45, 7) is 3.01. The lowest BCUT2D eigenvalue weighted by atomic mass is 9.85. The lowest BCUT2D eigenvalue weighted by molar-refractivity contribution is -0.0525. The summed E-state index contributed by atoms with van der Waals surface area (Å²) >= 11 is 5.75. The largest absolute Gasteiger partial charge is 0.370 e. The quantitative estimate of drug-likeness (QED) is 0.715. The first-order valence-corrected chi connectivity index (χ1v) is 6.08. The van der Waals surface area contributed by atoms with E-state index >= 15 is 0 Å². The minimum Gasteiger partial charge on any atom is -0.370 e. The first kappa shape index (κ1) is 11.0. The molecule has 0 radical (unpaired) electrons. The number of benzene rings is 1. The molecular weight excluding hydrogens is 208 g/mol. The molecule has 0 fully saturated rings. The fraction of sp³-hybridized carbons (Fsp3) is 0.538. The zero-order valence-corrected chi connectivity index (χ0v) is 9.89. The molecule has 1 atom stereocenters. The standard InChI is InChI=1S/C13H17ClO/c1-13(8-4-9-14)12-6-3-2-5-11(12)7-10-15-13/h2-3,5-6H,4,7-10H2,1H3. The van der Waals surface area contributed by atoms with Crippen molar-refractivity contribution in [2.45, 2.75) is 31.8 Å². The minimum absolute atomic E-state index is 0.121. The van der Waals surface area contributed by atoms with Crippen molar-refractivity contribution in [1.82, 2.24) is 0 Å². The van der Waals surface area contributed by atoms with Gasteiger partial charge in [-0.15, -0.1) is 11.6 Å². The maximum Gasteiger partial charge on any atom is 0.0906 e. The molecular formula is C13H17ClO. The van der Waals surface area contributed by atoms with E-state index in [2.05, 4.69) is 31.2 Å². The summed E-state index contributed by atoms with van der Waals surface area (Å²) in [4.78, 5) is 0. The Kier molecular flexibility index (Phi) is 3.32. The number of fused-ring (bicyclic) bond motifs is 1. The van der Waals surface area contributed by atoms with E-state index in [0.717, 1.165) is 25.9 Å². The van der Waals surface area contributed by atoms with E-state index in [1.165, 1.54) is 11.1 Å². The van der Waals surface area contributed by atoms with Gasteiger partial charge in [0, 0.05) is 5.88 Å². The summed E-state index contributed by atoms with van der Waals surface area (Å²) in [5.41, 5.74) is 2.66. The second-order valence-electron chi connectivity index (χ2n) is 4.28. The maximum absolute atomic E-state index is 5.94. The van der Waals surface area contributed by atoms with Crippen LogP contribution in [0.15, 0.2) is 24.3 Å². The Bertz CT molecular complexity index is 337. The van der Waals surface area contributed by atoms with Gasteiger partial charge in [-0.05, 0) is 37.3 Å². The molecule has 0 saturated carbocycles. The summed E-state index contributed by atoms with van der Waals surface area (Å²) in [6.07, 6.45) is 3.05. The Morgan fingerprint density at radius 2 is 2.20 bits per heavy atom. The highest BCUT2D eigenvalue weighted by atomic mass is 35.5. The molecule has 15 heavy (non-hydrogen) atoms. The van der Waals surface area contributed by atoms with E-state index in [1.54, 1.807) is 0 Å². The second kappa shape index (κ2) is 4.54. The number of hydrogen-bond donors (Lipinski definition) is 0. The molecule has 0 aliphatic carbocycles. The topological polar surface area (TPSA) is 9.23 Å². The summed E-state index contributed by atoms with van der Waals surface area (Å²) < 4.78 is 5.94. The van der Waals surface area contributed by atoms with Crippen molar-refractivity contribution in [2.75, 3.05) is 12.5 Å². The summed E-state index contributed by atoms with van der Waals surface area (Å²) in [7, 11) is 0. The van der Waals surface area contributed by atoms with E-state index in [0.29, 0.717) is 5.88 Å². The molecule has 0 aromatic heterocycles. The minimum atomic E-state index is -0.121. The van der Waals surface area contributed by atoms with Gasteiger partial charge in [0.15, 0.2) is 0 Å². The lowest BCUT2D eigenvalue weighted by Gasteiger charge is -2.36. The van der Waals surface area contributed by atoms with Gasteiger partial charge < -0.3 is 4.74 Å². The van der Waals surface area contributed by atoms with Crippen molar-refractivity contribution in [2.24, 2.45) is 0 Å². The van der Waals surface area contributed by atoms with Gasteiger partial charge in [-0.1, -0.05) is 24.3 Å². The van der Waals surface area contributed by atoms with Crippen LogP contribution >= 0.6 is 11.6 Å². The van der Waals surface area contributed by atoms with E-state index in [-0.39, 0.29) is 5.60 Å². The van der Waals surface area contributed by atoms with E-state index in [1.807, 2.05) is 0 Å². The van der Waals surface area contributed by atoms with Gasteiger partial charge in [0.05, 0.1) is 12.2 Å². The van der Waals surface area contributed by atoms with Crippen LogP contribution in [-0.2, 0) is 16.8 Å². The van der Waals surface area contributed by atoms with E-state index in [4.69, 9.17) is 16.3 Å². The highest BCUT2D eigenvalue weighted by Crippen LogP contribution is 2.36. The number of hydrogen-bond acceptors (Lipinski definition) is 1.